The molecule has 1 fully saturated rings. The fourth-order valence-corrected chi connectivity index (χ4v) is 4.59. The second kappa shape index (κ2) is 10.5. The first-order valence-corrected chi connectivity index (χ1v) is 11.6. The molecule has 3 aromatic rings. The number of hydrogen-bond acceptors (Lipinski definition) is 8. The Balaban J connectivity index is 1.83. The van der Waals surface area contributed by atoms with Crippen molar-refractivity contribution >= 4 is 28.8 Å². The largest absolute Gasteiger partial charge is 0.456 e. The Kier molecular flexibility index (Phi) is 7.42. The molecule has 9 nitrogen and oxygen atoms in total. The Bertz CT molecular complexity index is 1270. The van der Waals surface area contributed by atoms with Gasteiger partial charge in [0.1, 0.15) is 6.10 Å². The number of hydrogen-bond donors (Lipinski definition) is 1. The minimum atomic E-state index is -1.12. The van der Waals surface area contributed by atoms with Gasteiger partial charge in [-0.05, 0) is 24.1 Å². The zero-order valence-corrected chi connectivity index (χ0v) is 20.5. The van der Waals surface area contributed by atoms with Gasteiger partial charge in [0.15, 0.2) is 24.5 Å². The molecule has 1 saturated heterocycles. The molecule has 2 heterocycles. The molecule has 0 bridgehead atoms. The minimum absolute atomic E-state index is 0.0952. The second-order valence-corrected chi connectivity index (χ2v) is 8.85. The summed E-state index contributed by atoms with van der Waals surface area (Å²) in [7, 11) is 0. The van der Waals surface area contributed by atoms with E-state index in [1.54, 1.807) is 10.8 Å². The summed E-state index contributed by atoms with van der Waals surface area (Å²) in [5.74, 6) is -1.83. The first-order chi connectivity index (χ1) is 17.2. The highest BCUT2D eigenvalue weighted by Gasteiger charge is 2.48. The van der Waals surface area contributed by atoms with Gasteiger partial charge in [-0.25, -0.2) is 0 Å². The molecule has 9 heteroatoms. The predicted molar refractivity (Wildman–Crippen MR) is 129 cm³/mol. The molecule has 1 unspecified atom stereocenters. The van der Waals surface area contributed by atoms with Gasteiger partial charge >= 0.3 is 17.9 Å². The topological polar surface area (TPSA) is 113 Å². The Morgan fingerprint density at radius 2 is 1.58 bits per heavy atom. The van der Waals surface area contributed by atoms with E-state index in [1.807, 2.05) is 55.5 Å². The molecule has 2 aromatic carbocycles. The molecule has 0 radical (unpaired) electrons. The summed E-state index contributed by atoms with van der Waals surface area (Å²) in [4.78, 5) is 35.7. The number of benzene rings is 2. The van der Waals surface area contributed by atoms with Crippen LogP contribution < -0.4 is 0 Å². The number of rotatable bonds is 6. The van der Waals surface area contributed by atoms with Gasteiger partial charge in [0.25, 0.3) is 0 Å². The molecular formula is C27H29NO8. The zero-order valence-electron chi connectivity index (χ0n) is 20.5. The lowest BCUT2D eigenvalue weighted by Gasteiger charge is -2.41. The van der Waals surface area contributed by atoms with Gasteiger partial charge in [-0.1, -0.05) is 42.5 Å². The van der Waals surface area contributed by atoms with Gasteiger partial charge in [0, 0.05) is 37.9 Å². The maximum Gasteiger partial charge on any atom is 0.303 e. The summed E-state index contributed by atoms with van der Waals surface area (Å²) in [5.41, 5.74) is 3.05. The van der Waals surface area contributed by atoms with E-state index in [4.69, 9.17) is 18.9 Å². The summed E-state index contributed by atoms with van der Waals surface area (Å²) in [6.45, 7) is 5.54. The molecule has 1 aromatic heterocycles. The molecular weight excluding hydrogens is 466 g/mol. The first kappa shape index (κ1) is 25.4. The Hall–Kier alpha value is -3.69. The minimum Gasteiger partial charge on any atom is -0.456 e. The fourth-order valence-electron chi connectivity index (χ4n) is 4.59. The van der Waals surface area contributed by atoms with Crippen LogP contribution in [0.4, 0.5) is 0 Å². The molecule has 0 aliphatic carbocycles. The van der Waals surface area contributed by atoms with E-state index in [0.717, 1.165) is 16.5 Å². The van der Waals surface area contributed by atoms with E-state index in [-0.39, 0.29) is 6.61 Å². The second-order valence-electron chi connectivity index (χ2n) is 8.85. The van der Waals surface area contributed by atoms with Gasteiger partial charge in [-0.15, -0.1) is 0 Å². The number of aromatic nitrogens is 1. The monoisotopic (exact) mass is 495 g/mol. The molecule has 36 heavy (non-hydrogen) atoms. The summed E-state index contributed by atoms with van der Waals surface area (Å²) in [5, 5.41) is 12.0. The van der Waals surface area contributed by atoms with E-state index >= 15 is 0 Å². The molecule has 0 saturated carbocycles. The van der Waals surface area contributed by atoms with Crippen molar-refractivity contribution in [3.8, 4) is 0 Å². The van der Waals surface area contributed by atoms with Crippen LogP contribution >= 0.6 is 0 Å². The fraction of sp³-hybridized carbons (Fsp3) is 0.370. The van der Waals surface area contributed by atoms with E-state index in [2.05, 4.69) is 0 Å². The van der Waals surface area contributed by atoms with Gasteiger partial charge in [-0.3, -0.25) is 14.4 Å². The van der Waals surface area contributed by atoms with Gasteiger partial charge in [0.2, 0.25) is 0 Å². The standard InChI is InChI=1S/C27H29NO8/c1-15-10-11-20-21(24(32)19-8-6-5-7-9-19)13-28(22(20)12-15)27-26(36-18(4)31)25(35-17(3)30)23(14-33-27)34-16(2)29/h5-13,23-27,32H,14H2,1-4H3/t23-,24?,25+,26-,27-/m1/s1. The number of carbonyl (C=O) groups is 3. The van der Waals surface area contributed by atoms with E-state index in [9.17, 15) is 19.5 Å². The van der Waals surface area contributed by atoms with Crippen molar-refractivity contribution in [1.82, 2.24) is 4.57 Å². The van der Waals surface area contributed by atoms with Crippen LogP contribution in [0.15, 0.2) is 54.7 Å². The van der Waals surface area contributed by atoms with Crippen LogP contribution in [0.1, 0.15) is 49.8 Å². The van der Waals surface area contributed by atoms with Crippen molar-refractivity contribution in [2.75, 3.05) is 6.61 Å². The molecule has 190 valence electrons. The maximum absolute atomic E-state index is 12.1. The molecule has 1 N–H and O–H groups in total. The van der Waals surface area contributed by atoms with Crippen LogP contribution in [0.5, 0.6) is 0 Å². The number of carbonyl (C=O) groups excluding carboxylic acids is 3. The molecule has 1 aliphatic heterocycles. The normalized spacial score (nSPS) is 22.6. The smallest absolute Gasteiger partial charge is 0.303 e. The first-order valence-electron chi connectivity index (χ1n) is 11.6. The third kappa shape index (κ3) is 5.27. The van der Waals surface area contributed by atoms with E-state index in [1.165, 1.54) is 20.8 Å². The third-order valence-corrected chi connectivity index (χ3v) is 6.03. The van der Waals surface area contributed by atoms with Crippen LogP contribution in [0.3, 0.4) is 0 Å². The lowest BCUT2D eigenvalue weighted by Crippen LogP contribution is -2.55. The van der Waals surface area contributed by atoms with Crippen LogP contribution in [-0.4, -0.2) is 52.5 Å². The number of esters is 3. The molecule has 4 rings (SSSR count). The third-order valence-electron chi connectivity index (χ3n) is 6.03. The SMILES string of the molecule is CC(=O)O[C@@H]1[C@@H](OC(C)=O)[C@H](OC(C)=O)CO[C@H]1n1cc(C(O)c2ccccc2)c2ccc(C)cc21. The van der Waals surface area contributed by atoms with Crippen LogP contribution in [0, 0.1) is 6.92 Å². The molecule has 5 atom stereocenters. The molecule has 0 spiro atoms. The predicted octanol–water partition coefficient (Wildman–Crippen LogP) is 3.36. The van der Waals surface area contributed by atoms with Crippen LogP contribution in [-0.2, 0) is 33.3 Å². The van der Waals surface area contributed by atoms with Gasteiger partial charge in [-0.2, -0.15) is 0 Å². The van der Waals surface area contributed by atoms with Gasteiger partial charge in [0.05, 0.1) is 12.1 Å². The highest BCUT2D eigenvalue weighted by atomic mass is 16.6. The van der Waals surface area contributed by atoms with Crippen molar-refractivity contribution in [2.45, 2.75) is 58.3 Å². The highest BCUT2D eigenvalue weighted by Crippen LogP contribution is 2.37. The van der Waals surface area contributed by atoms with E-state index in [0.29, 0.717) is 11.1 Å². The van der Waals surface area contributed by atoms with Gasteiger partial charge < -0.3 is 28.6 Å². The zero-order chi connectivity index (χ0) is 26.0. The Labute approximate surface area is 208 Å². The average Bonchev–Trinajstić information content (AvgIpc) is 3.19. The lowest BCUT2D eigenvalue weighted by atomic mass is 10.0. The summed E-state index contributed by atoms with van der Waals surface area (Å²) < 4.78 is 24.3. The number of nitrogens with zero attached hydrogens (tertiary/aromatic N) is 1. The van der Waals surface area contributed by atoms with Crippen LogP contribution in [0.2, 0.25) is 0 Å². The lowest BCUT2D eigenvalue weighted by molar-refractivity contribution is -0.239. The summed E-state index contributed by atoms with van der Waals surface area (Å²) in [6, 6.07) is 15.0. The number of aryl methyl sites for hydroxylation is 1. The number of aliphatic hydroxyl groups is 1. The highest BCUT2D eigenvalue weighted by molar-refractivity contribution is 5.85. The van der Waals surface area contributed by atoms with Crippen molar-refractivity contribution < 1.29 is 38.4 Å². The quantitative estimate of drug-likeness (QED) is 0.409. The number of aliphatic hydroxyl groups excluding tert-OH is 1. The molecule has 0 amide bonds. The van der Waals surface area contributed by atoms with E-state index < -0.39 is 48.6 Å². The number of fused-ring (bicyclic) bond motifs is 1. The Morgan fingerprint density at radius 3 is 2.22 bits per heavy atom. The summed E-state index contributed by atoms with van der Waals surface area (Å²) in [6.07, 6.45) is -3.29. The maximum atomic E-state index is 12.1. The number of ether oxygens (including phenoxy) is 4. The van der Waals surface area contributed by atoms with Crippen molar-refractivity contribution in [2.24, 2.45) is 0 Å². The van der Waals surface area contributed by atoms with Crippen LogP contribution in [0.25, 0.3) is 10.9 Å². The van der Waals surface area contributed by atoms with Crippen molar-refractivity contribution in [1.29, 1.82) is 0 Å². The Morgan fingerprint density at radius 1 is 0.944 bits per heavy atom. The van der Waals surface area contributed by atoms with Crippen molar-refractivity contribution in [3.63, 3.8) is 0 Å². The molecule has 1 aliphatic rings. The summed E-state index contributed by atoms with van der Waals surface area (Å²) >= 11 is 0. The average molecular weight is 496 g/mol. The van der Waals surface area contributed by atoms with Crippen molar-refractivity contribution in [3.05, 3.63) is 71.4 Å².